The minimum atomic E-state index is 0.0527. The number of carbonyl (C=O) groups is 1. The van der Waals surface area contributed by atoms with Crippen LogP contribution in [0, 0.1) is 0 Å². The lowest BCUT2D eigenvalue weighted by molar-refractivity contribution is 0.0260. The van der Waals surface area contributed by atoms with Crippen LogP contribution < -0.4 is 0 Å². The second-order valence-corrected chi connectivity index (χ2v) is 8.61. The smallest absolute Gasteiger partial charge is 0.177 e. The molecule has 6 heteroatoms. The summed E-state index contributed by atoms with van der Waals surface area (Å²) < 4.78 is 10.8. The number of hydrogen-bond acceptors (Lipinski definition) is 6. The number of benzene rings is 1. The van der Waals surface area contributed by atoms with Crippen molar-refractivity contribution >= 4 is 22.7 Å². The van der Waals surface area contributed by atoms with E-state index in [1.165, 1.54) is 16.7 Å². The summed E-state index contributed by atoms with van der Waals surface area (Å²) in [7, 11) is 0. The van der Waals surface area contributed by atoms with E-state index in [4.69, 9.17) is 14.6 Å². The zero-order valence-electron chi connectivity index (χ0n) is 17.3. The second kappa shape index (κ2) is 10.5. The molecule has 2 aliphatic rings. The van der Waals surface area contributed by atoms with Gasteiger partial charge in [0.2, 0.25) is 0 Å². The molecule has 4 rings (SSSR count). The van der Waals surface area contributed by atoms with Gasteiger partial charge in [0.05, 0.1) is 37.9 Å². The topological polar surface area (TPSA) is 59.0 Å². The summed E-state index contributed by atoms with van der Waals surface area (Å²) in [6.07, 6.45) is 2.53. The Labute approximate surface area is 181 Å². The fourth-order valence-electron chi connectivity index (χ4n) is 4.30. The van der Waals surface area contributed by atoms with E-state index in [9.17, 15) is 4.79 Å². The molecule has 2 heterocycles. The van der Waals surface area contributed by atoms with Crippen LogP contribution in [0.3, 0.4) is 0 Å². The molecule has 0 saturated carbocycles. The highest BCUT2D eigenvalue weighted by Crippen LogP contribution is 2.40. The molecule has 0 unspecified atom stereocenters. The van der Waals surface area contributed by atoms with Crippen LogP contribution in [-0.2, 0) is 15.9 Å². The Balaban J connectivity index is 1.42. The van der Waals surface area contributed by atoms with Crippen molar-refractivity contribution in [1.82, 2.24) is 4.90 Å². The van der Waals surface area contributed by atoms with Crippen molar-refractivity contribution in [3.8, 4) is 0 Å². The maximum Gasteiger partial charge on any atom is 0.177 e. The number of nitrogens with zero attached hydrogens (tertiary/aromatic N) is 1. The third kappa shape index (κ3) is 4.90. The number of piperidine rings is 1. The Morgan fingerprint density at radius 3 is 2.53 bits per heavy atom. The van der Waals surface area contributed by atoms with Gasteiger partial charge in [-0.1, -0.05) is 29.8 Å². The molecular weight excluding hydrogens is 398 g/mol. The van der Waals surface area contributed by atoms with E-state index in [1.807, 2.05) is 11.4 Å². The van der Waals surface area contributed by atoms with Crippen LogP contribution in [0.1, 0.15) is 39.2 Å². The van der Waals surface area contributed by atoms with E-state index in [0.717, 1.165) is 48.5 Å². The van der Waals surface area contributed by atoms with E-state index >= 15 is 0 Å². The molecule has 160 valence electrons. The summed E-state index contributed by atoms with van der Waals surface area (Å²) >= 11 is 1.57. The summed E-state index contributed by atoms with van der Waals surface area (Å²) in [5.74, 6) is 0.237. The van der Waals surface area contributed by atoms with Gasteiger partial charge in [-0.15, -0.1) is 11.3 Å². The molecule has 0 amide bonds. The maximum atomic E-state index is 12.8. The maximum absolute atomic E-state index is 12.8. The van der Waals surface area contributed by atoms with Gasteiger partial charge in [0.15, 0.2) is 5.78 Å². The molecule has 0 atom stereocenters. The molecule has 1 fully saturated rings. The second-order valence-electron chi connectivity index (χ2n) is 7.69. The van der Waals surface area contributed by atoms with Crippen molar-refractivity contribution in [3.63, 3.8) is 0 Å². The number of fused-ring (bicyclic) bond motifs is 2. The first-order chi connectivity index (χ1) is 14.8. The first-order valence-electron chi connectivity index (χ1n) is 10.7. The quantitative estimate of drug-likeness (QED) is 0.655. The molecule has 1 aliphatic carbocycles. The predicted octanol–water partition coefficient (Wildman–Crippen LogP) is 3.41. The van der Waals surface area contributed by atoms with Crippen molar-refractivity contribution in [3.05, 3.63) is 62.9 Å². The molecule has 2 aromatic rings. The monoisotopic (exact) mass is 427 g/mol. The third-order valence-electron chi connectivity index (χ3n) is 5.80. The molecule has 1 N–H and O–H groups in total. The van der Waals surface area contributed by atoms with Gasteiger partial charge in [-0.05, 0) is 41.0 Å². The summed E-state index contributed by atoms with van der Waals surface area (Å²) in [5, 5.41) is 10.7. The Hall–Kier alpha value is -1.83. The molecule has 0 bridgehead atoms. The molecule has 1 aliphatic heterocycles. The fourth-order valence-corrected chi connectivity index (χ4v) is 5.14. The van der Waals surface area contributed by atoms with Crippen LogP contribution in [0.4, 0.5) is 0 Å². The fraction of sp³-hybridized carbons (Fsp3) is 0.458. The average Bonchev–Trinajstić information content (AvgIpc) is 3.21. The highest BCUT2D eigenvalue weighted by Gasteiger charge is 2.27. The van der Waals surface area contributed by atoms with Crippen LogP contribution in [0.25, 0.3) is 5.57 Å². The predicted molar refractivity (Wildman–Crippen MR) is 119 cm³/mol. The van der Waals surface area contributed by atoms with Crippen molar-refractivity contribution in [2.45, 2.75) is 19.3 Å². The minimum Gasteiger partial charge on any atom is -0.394 e. The molecule has 5 nitrogen and oxygen atoms in total. The number of ketones is 1. The molecule has 1 aromatic heterocycles. The van der Waals surface area contributed by atoms with Gasteiger partial charge in [-0.3, -0.25) is 4.79 Å². The summed E-state index contributed by atoms with van der Waals surface area (Å²) in [5.41, 5.74) is 6.27. The molecule has 0 radical (unpaired) electrons. The molecule has 30 heavy (non-hydrogen) atoms. The van der Waals surface area contributed by atoms with E-state index < -0.39 is 0 Å². The molecule has 0 spiro atoms. The lowest BCUT2D eigenvalue weighted by atomic mass is 9.87. The highest BCUT2D eigenvalue weighted by molar-refractivity contribution is 7.12. The number of Topliss-reactive ketones (excluding diaryl/α,β-unsaturated/α-hetero) is 1. The zero-order valence-corrected chi connectivity index (χ0v) is 18.1. The first-order valence-corrected chi connectivity index (χ1v) is 11.6. The van der Waals surface area contributed by atoms with Gasteiger partial charge < -0.3 is 19.5 Å². The lowest BCUT2D eigenvalue weighted by Gasteiger charge is -2.30. The standard InChI is InChI=1S/C24H29NO4S/c26-11-13-29-15-14-28-12-10-25-8-5-18(6-9-25)23-20-4-2-1-3-19(20)17-22(27)24-21(23)7-16-30-24/h1-4,7,16,26H,5-6,8-15,17H2. The number of aliphatic hydroxyl groups excluding tert-OH is 1. The van der Waals surface area contributed by atoms with Crippen molar-refractivity contribution < 1.29 is 19.4 Å². The Morgan fingerprint density at radius 1 is 0.967 bits per heavy atom. The Bertz CT molecular complexity index is 894. The molecule has 1 aromatic carbocycles. The van der Waals surface area contributed by atoms with Crippen LogP contribution in [0.15, 0.2) is 41.3 Å². The molecule has 1 saturated heterocycles. The largest absolute Gasteiger partial charge is 0.394 e. The number of carbonyl (C=O) groups excluding carboxylic acids is 1. The van der Waals surface area contributed by atoms with Crippen LogP contribution in [0.2, 0.25) is 0 Å². The van der Waals surface area contributed by atoms with Crippen molar-refractivity contribution in [2.24, 2.45) is 0 Å². The summed E-state index contributed by atoms with van der Waals surface area (Å²) in [6, 6.07) is 10.5. The minimum absolute atomic E-state index is 0.0527. The number of likely N-dealkylation sites (tertiary alicyclic amines) is 1. The SMILES string of the molecule is O=C1Cc2ccccc2C(=C2CCN(CCOCCOCCO)CC2)c2ccsc21. The first kappa shape index (κ1) is 21.4. The van der Waals surface area contributed by atoms with Gasteiger partial charge >= 0.3 is 0 Å². The van der Waals surface area contributed by atoms with Gasteiger partial charge in [0.25, 0.3) is 0 Å². The number of ether oxygens (including phenoxy) is 2. The van der Waals surface area contributed by atoms with E-state index in [2.05, 4.69) is 29.2 Å². The number of thiophene rings is 1. The number of rotatable bonds is 8. The van der Waals surface area contributed by atoms with E-state index in [1.54, 1.807) is 11.3 Å². The number of aliphatic hydroxyl groups is 1. The van der Waals surface area contributed by atoms with Crippen molar-refractivity contribution in [2.75, 3.05) is 52.7 Å². The van der Waals surface area contributed by atoms with Gasteiger partial charge in [-0.25, -0.2) is 0 Å². The van der Waals surface area contributed by atoms with Gasteiger partial charge in [0.1, 0.15) is 0 Å². The summed E-state index contributed by atoms with van der Waals surface area (Å²) in [4.78, 5) is 16.1. The van der Waals surface area contributed by atoms with Crippen LogP contribution in [-0.4, -0.2) is 68.5 Å². The Kier molecular flexibility index (Phi) is 7.47. The van der Waals surface area contributed by atoms with E-state index in [-0.39, 0.29) is 12.4 Å². The average molecular weight is 428 g/mol. The Morgan fingerprint density at radius 2 is 1.73 bits per heavy atom. The molecular formula is C24H29NO4S. The zero-order chi connectivity index (χ0) is 20.8. The van der Waals surface area contributed by atoms with Crippen molar-refractivity contribution in [1.29, 1.82) is 0 Å². The highest BCUT2D eigenvalue weighted by atomic mass is 32.1. The van der Waals surface area contributed by atoms with Crippen LogP contribution >= 0.6 is 11.3 Å². The van der Waals surface area contributed by atoms with Gasteiger partial charge in [-0.2, -0.15) is 0 Å². The third-order valence-corrected chi connectivity index (χ3v) is 6.75. The normalized spacial score (nSPS) is 17.0. The van der Waals surface area contributed by atoms with Gasteiger partial charge in [0, 0.05) is 31.6 Å². The van der Waals surface area contributed by atoms with E-state index in [0.29, 0.717) is 32.8 Å². The van der Waals surface area contributed by atoms with Crippen LogP contribution in [0.5, 0.6) is 0 Å². The number of hydrogen-bond donors (Lipinski definition) is 1. The lowest BCUT2D eigenvalue weighted by Crippen LogP contribution is -2.34. The summed E-state index contributed by atoms with van der Waals surface area (Å²) in [6.45, 7) is 5.15.